The summed E-state index contributed by atoms with van der Waals surface area (Å²) in [4.78, 5) is 2.65. The van der Waals surface area contributed by atoms with E-state index in [2.05, 4.69) is 23.1 Å². The van der Waals surface area contributed by atoms with Gasteiger partial charge in [0, 0.05) is 30.6 Å². The zero-order chi connectivity index (χ0) is 14.3. The SMILES string of the molecule is Nc1ccc2c(c1)CCCN2C1CCOC2(CCCC2)C1. The molecule has 2 N–H and O–H groups in total. The molecule has 1 saturated heterocycles. The third kappa shape index (κ3) is 2.42. The second-order valence-corrected chi connectivity index (χ2v) is 7.07. The Bertz CT molecular complexity index is 522. The molecule has 0 aromatic heterocycles. The van der Waals surface area contributed by atoms with Gasteiger partial charge in [0.05, 0.1) is 5.60 Å². The number of nitrogens with zero attached hydrogens (tertiary/aromatic N) is 1. The van der Waals surface area contributed by atoms with Crippen molar-refractivity contribution in [1.82, 2.24) is 0 Å². The van der Waals surface area contributed by atoms with Crippen molar-refractivity contribution < 1.29 is 4.74 Å². The first kappa shape index (κ1) is 13.4. The van der Waals surface area contributed by atoms with Crippen LogP contribution in [0.5, 0.6) is 0 Å². The average Bonchev–Trinajstić information content (AvgIpc) is 2.94. The van der Waals surface area contributed by atoms with Crippen LogP contribution in [0.25, 0.3) is 0 Å². The van der Waals surface area contributed by atoms with Gasteiger partial charge in [-0.15, -0.1) is 0 Å². The topological polar surface area (TPSA) is 38.5 Å². The van der Waals surface area contributed by atoms with Crippen molar-refractivity contribution in [2.45, 2.75) is 63.0 Å². The predicted octanol–water partition coefficient (Wildman–Crippen LogP) is 3.51. The normalized spacial score (nSPS) is 27.8. The average molecular weight is 286 g/mol. The second-order valence-electron chi connectivity index (χ2n) is 7.07. The van der Waals surface area contributed by atoms with E-state index in [1.807, 2.05) is 0 Å². The summed E-state index contributed by atoms with van der Waals surface area (Å²) < 4.78 is 6.21. The fourth-order valence-electron chi connectivity index (χ4n) is 4.66. The third-order valence-corrected chi connectivity index (χ3v) is 5.68. The summed E-state index contributed by atoms with van der Waals surface area (Å²) in [5.41, 5.74) is 9.93. The van der Waals surface area contributed by atoms with Gasteiger partial charge in [-0.05, 0) is 62.3 Å². The predicted molar refractivity (Wildman–Crippen MR) is 86.7 cm³/mol. The number of nitrogens with two attached hydrogens (primary N) is 1. The van der Waals surface area contributed by atoms with E-state index in [-0.39, 0.29) is 5.60 Å². The van der Waals surface area contributed by atoms with Gasteiger partial charge < -0.3 is 15.4 Å². The molecule has 1 unspecified atom stereocenters. The highest BCUT2D eigenvalue weighted by Crippen LogP contribution is 2.43. The molecule has 1 aliphatic carbocycles. The minimum Gasteiger partial charge on any atom is -0.399 e. The lowest BCUT2D eigenvalue weighted by atomic mass is 9.86. The lowest BCUT2D eigenvalue weighted by molar-refractivity contribution is -0.0801. The Hall–Kier alpha value is -1.22. The monoisotopic (exact) mass is 286 g/mol. The van der Waals surface area contributed by atoms with Crippen molar-refractivity contribution in [2.75, 3.05) is 23.8 Å². The molecule has 1 atom stereocenters. The van der Waals surface area contributed by atoms with E-state index in [1.165, 1.54) is 69.2 Å². The summed E-state index contributed by atoms with van der Waals surface area (Å²) in [5, 5.41) is 0. The first-order valence-corrected chi connectivity index (χ1v) is 8.55. The Labute approximate surface area is 127 Å². The zero-order valence-electron chi connectivity index (χ0n) is 12.8. The molecule has 0 bridgehead atoms. The van der Waals surface area contributed by atoms with E-state index in [0.29, 0.717) is 6.04 Å². The number of benzene rings is 1. The molecule has 21 heavy (non-hydrogen) atoms. The first-order chi connectivity index (χ1) is 10.3. The lowest BCUT2D eigenvalue weighted by Gasteiger charge is -2.45. The van der Waals surface area contributed by atoms with Gasteiger partial charge >= 0.3 is 0 Å². The summed E-state index contributed by atoms with van der Waals surface area (Å²) in [6, 6.07) is 7.12. The van der Waals surface area contributed by atoms with E-state index in [1.54, 1.807) is 0 Å². The molecule has 0 radical (unpaired) electrons. The van der Waals surface area contributed by atoms with Crippen LogP contribution in [0, 0.1) is 0 Å². The van der Waals surface area contributed by atoms with Gasteiger partial charge in [0.2, 0.25) is 0 Å². The minimum absolute atomic E-state index is 0.203. The van der Waals surface area contributed by atoms with Crippen molar-refractivity contribution in [3.63, 3.8) is 0 Å². The maximum Gasteiger partial charge on any atom is 0.0702 e. The quantitative estimate of drug-likeness (QED) is 0.803. The van der Waals surface area contributed by atoms with Gasteiger partial charge in [0.25, 0.3) is 0 Å². The number of hydrogen-bond acceptors (Lipinski definition) is 3. The zero-order valence-corrected chi connectivity index (χ0v) is 12.8. The van der Waals surface area contributed by atoms with Crippen molar-refractivity contribution in [3.8, 4) is 0 Å². The van der Waals surface area contributed by atoms with Gasteiger partial charge in [-0.2, -0.15) is 0 Å². The maximum atomic E-state index is 6.21. The third-order valence-electron chi connectivity index (χ3n) is 5.68. The van der Waals surface area contributed by atoms with E-state index in [0.717, 1.165) is 12.3 Å². The minimum atomic E-state index is 0.203. The number of anilines is 2. The molecule has 1 spiro atoms. The Morgan fingerprint density at radius 2 is 2.05 bits per heavy atom. The Morgan fingerprint density at radius 1 is 1.19 bits per heavy atom. The van der Waals surface area contributed by atoms with Crippen LogP contribution in [0.1, 0.15) is 50.5 Å². The highest BCUT2D eigenvalue weighted by molar-refractivity contribution is 5.61. The van der Waals surface area contributed by atoms with Crippen LogP contribution in [0.4, 0.5) is 11.4 Å². The molecule has 2 heterocycles. The van der Waals surface area contributed by atoms with Crippen molar-refractivity contribution in [1.29, 1.82) is 0 Å². The molecule has 2 fully saturated rings. The van der Waals surface area contributed by atoms with Crippen LogP contribution < -0.4 is 10.6 Å². The molecule has 1 aromatic rings. The maximum absolute atomic E-state index is 6.21. The Morgan fingerprint density at radius 3 is 2.90 bits per heavy atom. The van der Waals surface area contributed by atoms with Crippen LogP contribution in [0.2, 0.25) is 0 Å². The number of aryl methyl sites for hydroxylation is 1. The highest BCUT2D eigenvalue weighted by Gasteiger charge is 2.42. The van der Waals surface area contributed by atoms with Crippen LogP contribution >= 0.6 is 0 Å². The summed E-state index contributed by atoms with van der Waals surface area (Å²) >= 11 is 0. The van der Waals surface area contributed by atoms with Gasteiger partial charge in [0.15, 0.2) is 0 Å². The summed E-state index contributed by atoms with van der Waals surface area (Å²) in [5.74, 6) is 0. The van der Waals surface area contributed by atoms with Crippen LogP contribution in [0.15, 0.2) is 18.2 Å². The summed E-state index contributed by atoms with van der Waals surface area (Å²) in [6.45, 7) is 2.13. The molecule has 1 aromatic carbocycles. The second kappa shape index (κ2) is 5.20. The molecular formula is C18H26N2O. The van der Waals surface area contributed by atoms with Gasteiger partial charge in [-0.25, -0.2) is 0 Å². The first-order valence-electron chi connectivity index (χ1n) is 8.55. The number of nitrogen functional groups attached to an aromatic ring is 1. The number of fused-ring (bicyclic) bond motifs is 1. The molecule has 114 valence electrons. The van der Waals surface area contributed by atoms with Crippen molar-refractivity contribution in [3.05, 3.63) is 23.8 Å². The lowest BCUT2D eigenvalue weighted by Crippen LogP contribution is -2.49. The molecular weight excluding hydrogens is 260 g/mol. The van der Waals surface area contributed by atoms with E-state index in [9.17, 15) is 0 Å². The van der Waals surface area contributed by atoms with E-state index < -0.39 is 0 Å². The van der Waals surface area contributed by atoms with Crippen LogP contribution in [0.3, 0.4) is 0 Å². The number of ether oxygens (including phenoxy) is 1. The molecule has 2 aliphatic heterocycles. The summed E-state index contributed by atoms with van der Waals surface area (Å²) in [7, 11) is 0. The van der Waals surface area contributed by atoms with Crippen molar-refractivity contribution >= 4 is 11.4 Å². The summed E-state index contributed by atoms with van der Waals surface area (Å²) in [6.07, 6.45) is 10.0. The fourth-order valence-corrected chi connectivity index (χ4v) is 4.66. The van der Waals surface area contributed by atoms with E-state index in [4.69, 9.17) is 10.5 Å². The largest absolute Gasteiger partial charge is 0.399 e. The number of rotatable bonds is 1. The molecule has 0 amide bonds. The Balaban J connectivity index is 1.59. The van der Waals surface area contributed by atoms with Gasteiger partial charge in [0.1, 0.15) is 0 Å². The van der Waals surface area contributed by atoms with Crippen molar-refractivity contribution in [2.24, 2.45) is 0 Å². The molecule has 1 saturated carbocycles. The van der Waals surface area contributed by atoms with Gasteiger partial charge in [-0.1, -0.05) is 12.8 Å². The fraction of sp³-hybridized carbons (Fsp3) is 0.667. The standard InChI is InChI=1S/C18H26N2O/c19-15-5-6-17-14(12-15)4-3-10-20(17)16-7-11-21-18(13-16)8-1-2-9-18/h5-6,12,16H,1-4,7-11,13,19H2. The highest BCUT2D eigenvalue weighted by atomic mass is 16.5. The molecule has 3 aliphatic rings. The number of hydrogen-bond donors (Lipinski definition) is 1. The van der Waals surface area contributed by atoms with Crippen LogP contribution in [-0.4, -0.2) is 24.8 Å². The van der Waals surface area contributed by atoms with Gasteiger partial charge in [-0.3, -0.25) is 0 Å². The molecule has 3 heteroatoms. The smallest absolute Gasteiger partial charge is 0.0702 e. The van der Waals surface area contributed by atoms with E-state index >= 15 is 0 Å². The molecule has 4 rings (SSSR count). The van der Waals surface area contributed by atoms with Crippen LogP contribution in [-0.2, 0) is 11.2 Å². The molecule has 3 nitrogen and oxygen atoms in total. The Kier molecular flexibility index (Phi) is 3.33.